The van der Waals surface area contributed by atoms with Crippen molar-refractivity contribution in [2.24, 2.45) is 5.73 Å². The van der Waals surface area contributed by atoms with Crippen LogP contribution in [-0.4, -0.2) is 34.9 Å². The number of nitrogens with zero attached hydrogens (tertiary/aromatic N) is 2. The molecule has 1 aliphatic heterocycles. The van der Waals surface area contributed by atoms with E-state index < -0.39 is 0 Å². The summed E-state index contributed by atoms with van der Waals surface area (Å²) in [6, 6.07) is 3.93. The van der Waals surface area contributed by atoms with Gasteiger partial charge in [0.05, 0.1) is 0 Å². The maximum Gasteiger partial charge on any atom is 0.273 e. The van der Waals surface area contributed by atoms with E-state index in [-0.39, 0.29) is 24.4 Å². The van der Waals surface area contributed by atoms with E-state index >= 15 is 0 Å². The summed E-state index contributed by atoms with van der Waals surface area (Å²) >= 11 is 3.39. The lowest BCUT2D eigenvalue weighted by atomic mass is 9.99. The van der Waals surface area contributed by atoms with Crippen LogP contribution in [0.15, 0.2) is 22.8 Å². The maximum absolute atomic E-state index is 12.5. The van der Waals surface area contributed by atoms with E-state index in [1.54, 1.807) is 6.20 Å². The van der Waals surface area contributed by atoms with Crippen molar-refractivity contribution in [3.05, 3.63) is 28.5 Å². The van der Waals surface area contributed by atoms with Gasteiger partial charge in [0.2, 0.25) is 0 Å². The highest BCUT2D eigenvalue weighted by Gasteiger charge is 2.28. The number of nitrogens with two attached hydrogens (primary N) is 1. The summed E-state index contributed by atoms with van der Waals surface area (Å²) in [7, 11) is 0. The predicted octanol–water partition coefficient (Wildman–Crippen LogP) is 2.61. The largest absolute Gasteiger partial charge is 0.334 e. The number of aromatic nitrogens is 1. The highest BCUT2D eigenvalue weighted by Crippen LogP contribution is 2.23. The fourth-order valence-electron chi connectivity index (χ4n) is 2.44. The van der Waals surface area contributed by atoms with Crippen molar-refractivity contribution in [2.75, 3.05) is 13.1 Å². The molecule has 0 spiro atoms. The molecule has 2 rings (SSSR count). The van der Waals surface area contributed by atoms with Crippen molar-refractivity contribution >= 4 is 34.2 Å². The molecule has 1 atom stereocenters. The zero-order chi connectivity index (χ0) is 13.0. The van der Waals surface area contributed by atoms with Crippen molar-refractivity contribution in [1.82, 2.24) is 9.88 Å². The van der Waals surface area contributed by atoms with Crippen LogP contribution in [0.25, 0.3) is 0 Å². The number of rotatable bonds is 3. The molecule has 4 nitrogen and oxygen atoms in total. The Labute approximate surface area is 128 Å². The predicted molar refractivity (Wildman–Crippen MR) is 81.5 cm³/mol. The molecule has 1 amide bonds. The molecule has 106 valence electrons. The Hall–Kier alpha value is -0.650. The van der Waals surface area contributed by atoms with Crippen LogP contribution >= 0.6 is 28.3 Å². The quantitative estimate of drug-likeness (QED) is 0.913. The highest BCUT2D eigenvalue weighted by molar-refractivity contribution is 9.10. The van der Waals surface area contributed by atoms with Crippen molar-refractivity contribution in [3.8, 4) is 0 Å². The van der Waals surface area contributed by atoms with Crippen molar-refractivity contribution in [2.45, 2.75) is 31.7 Å². The second kappa shape index (κ2) is 7.82. The van der Waals surface area contributed by atoms with E-state index in [0.29, 0.717) is 12.2 Å². The molecule has 6 heteroatoms. The number of carbonyl (C=O) groups is 1. The first-order chi connectivity index (χ1) is 8.74. The first-order valence-corrected chi connectivity index (χ1v) is 7.15. The van der Waals surface area contributed by atoms with Gasteiger partial charge in [0.1, 0.15) is 5.69 Å². The van der Waals surface area contributed by atoms with Gasteiger partial charge in [-0.2, -0.15) is 0 Å². The first-order valence-electron chi connectivity index (χ1n) is 6.35. The Kier molecular flexibility index (Phi) is 6.75. The van der Waals surface area contributed by atoms with Crippen molar-refractivity contribution < 1.29 is 4.79 Å². The van der Waals surface area contributed by atoms with Gasteiger partial charge in [-0.1, -0.05) is 0 Å². The standard InChI is InChI=1S/C13H18BrN3O.ClH/c14-11-5-3-8-16-12(11)13(18)17-9-2-1-4-10(17)6-7-15;/h3,5,8,10H,1-2,4,6-7,9,15H2;1H. The number of hydrogen-bond donors (Lipinski definition) is 1. The fourth-order valence-corrected chi connectivity index (χ4v) is 2.86. The van der Waals surface area contributed by atoms with Gasteiger partial charge in [0.15, 0.2) is 0 Å². The van der Waals surface area contributed by atoms with Gasteiger partial charge in [-0.15, -0.1) is 12.4 Å². The molecular formula is C13H19BrClN3O. The van der Waals surface area contributed by atoms with Crippen LogP contribution in [0.2, 0.25) is 0 Å². The van der Waals surface area contributed by atoms with E-state index in [0.717, 1.165) is 30.3 Å². The minimum atomic E-state index is 0. The molecule has 1 fully saturated rings. The van der Waals surface area contributed by atoms with Gasteiger partial charge in [-0.3, -0.25) is 4.79 Å². The Morgan fingerprint density at radius 3 is 3.00 bits per heavy atom. The highest BCUT2D eigenvalue weighted by atomic mass is 79.9. The number of carbonyl (C=O) groups excluding carboxylic acids is 1. The summed E-state index contributed by atoms with van der Waals surface area (Å²) in [5.41, 5.74) is 6.13. The minimum Gasteiger partial charge on any atom is -0.334 e. The second-order valence-corrected chi connectivity index (χ2v) is 5.41. The zero-order valence-corrected chi connectivity index (χ0v) is 13.1. The van der Waals surface area contributed by atoms with Crippen molar-refractivity contribution in [3.63, 3.8) is 0 Å². The smallest absolute Gasteiger partial charge is 0.273 e. The van der Waals surface area contributed by atoms with E-state index in [2.05, 4.69) is 20.9 Å². The van der Waals surface area contributed by atoms with Crippen LogP contribution in [-0.2, 0) is 0 Å². The molecule has 0 saturated carbocycles. The van der Waals surface area contributed by atoms with E-state index in [1.807, 2.05) is 17.0 Å². The molecule has 1 aromatic heterocycles. The van der Waals surface area contributed by atoms with Crippen LogP contribution in [0.1, 0.15) is 36.2 Å². The van der Waals surface area contributed by atoms with Gasteiger partial charge in [-0.25, -0.2) is 4.98 Å². The van der Waals surface area contributed by atoms with Gasteiger partial charge < -0.3 is 10.6 Å². The average molecular weight is 349 g/mol. The Morgan fingerprint density at radius 2 is 2.32 bits per heavy atom. The third-order valence-corrected chi connectivity index (χ3v) is 3.99. The fraction of sp³-hybridized carbons (Fsp3) is 0.538. The lowest BCUT2D eigenvalue weighted by Crippen LogP contribution is -2.45. The lowest BCUT2D eigenvalue weighted by Gasteiger charge is -2.35. The summed E-state index contributed by atoms with van der Waals surface area (Å²) in [5.74, 6) is 0.0145. The average Bonchev–Trinajstić information content (AvgIpc) is 2.40. The van der Waals surface area contributed by atoms with Gasteiger partial charge in [0.25, 0.3) is 5.91 Å². The van der Waals surface area contributed by atoms with Crippen molar-refractivity contribution in [1.29, 1.82) is 0 Å². The number of hydrogen-bond acceptors (Lipinski definition) is 3. The summed E-state index contributed by atoms with van der Waals surface area (Å²) < 4.78 is 0.757. The molecule has 1 unspecified atom stereocenters. The van der Waals surface area contributed by atoms with Gasteiger partial charge >= 0.3 is 0 Å². The molecule has 1 aliphatic rings. The molecule has 2 heterocycles. The number of halogens is 2. The van der Waals surface area contributed by atoms with E-state index in [9.17, 15) is 4.79 Å². The molecule has 0 aliphatic carbocycles. The third kappa shape index (κ3) is 3.91. The minimum absolute atomic E-state index is 0. The molecule has 19 heavy (non-hydrogen) atoms. The van der Waals surface area contributed by atoms with Crippen LogP contribution in [0, 0.1) is 0 Å². The Morgan fingerprint density at radius 1 is 1.53 bits per heavy atom. The number of amides is 1. The summed E-state index contributed by atoms with van der Waals surface area (Å²) in [6.07, 6.45) is 5.82. The summed E-state index contributed by atoms with van der Waals surface area (Å²) in [6.45, 7) is 1.43. The molecule has 0 aromatic carbocycles. The van der Waals surface area contributed by atoms with Crippen LogP contribution in [0.4, 0.5) is 0 Å². The lowest BCUT2D eigenvalue weighted by molar-refractivity contribution is 0.0598. The number of piperidine rings is 1. The molecule has 1 saturated heterocycles. The number of pyridine rings is 1. The van der Waals surface area contributed by atoms with Gasteiger partial charge in [0, 0.05) is 23.3 Å². The monoisotopic (exact) mass is 347 g/mol. The molecule has 1 aromatic rings. The zero-order valence-electron chi connectivity index (χ0n) is 10.7. The van der Waals surface area contributed by atoms with E-state index in [4.69, 9.17) is 5.73 Å². The molecular weight excluding hydrogens is 330 g/mol. The molecule has 0 radical (unpaired) electrons. The third-order valence-electron chi connectivity index (χ3n) is 3.35. The van der Waals surface area contributed by atoms with Crippen LogP contribution in [0.3, 0.4) is 0 Å². The normalized spacial score (nSPS) is 18.8. The summed E-state index contributed by atoms with van der Waals surface area (Å²) in [5, 5.41) is 0. The van der Waals surface area contributed by atoms with E-state index in [1.165, 1.54) is 6.42 Å². The summed E-state index contributed by atoms with van der Waals surface area (Å²) in [4.78, 5) is 18.6. The topological polar surface area (TPSA) is 59.2 Å². The van der Waals surface area contributed by atoms with Crippen LogP contribution in [0.5, 0.6) is 0 Å². The second-order valence-electron chi connectivity index (χ2n) is 4.56. The molecule has 2 N–H and O–H groups in total. The SMILES string of the molecule is Cl.NCCC1CCCCN1C(=O)c1ncccc1Br. The van der Waals surface area contributed by atoms with Gasteiger partial charge in [-0.05, 0) is 60.3 Å². The maximum atomic E-state index is 12.5. The van der Waals surface area contributed by atoms with Crippen LogP contribution < -0.4 is 5.73 Å². The first kappa shape index (κ1) is 16.4. The number of likely N-dealkylation sites (tertiary alicyclic amines) is 1. The Balaban J connectivity index is 0.00000180. The Bertz CT molecular complexity index is 428. The molecule has 0 bridgehead atoms.